The zero-order valence-electron chi connectivity index (χ0n) is 14.8. The summed E-state index contributed by atoms with van der Waals surface area (Å²) < 4.78 is 13.2. The Balaban J connectivity index is 1.45. The van der Waals surface area contributed by atoms with Gasteiger partial charge in [-0.15, -0.1) is 0 Å². The molecule has 1 fully saturated rings. The maximum Gasteiger partial charge on any atom is 0.238 e. The molecule has 0 spiro atoms. The number of hydrogen-bond donors (Lipinski definition) is 1. The first-order chi connectivity index (χ1) is 13.0. The first kappa shape index (κ1) is 19.3. The minimum absolute atomic E-state index is 0.0271. The first-order valence-electron chi connectivity index (χ1n) is 8.80. The van der Waals surface area contributed by atoms with Gasteiger partial charge >= 0.3 is 0 Å². The van der Waals surface area contributed by atoms with Crippen molar-refractivity contribution in [2.24, 2.45) is 0 Å². The Morgan fingerprint density at radius 1 is 1.04 bits per heavy atom. The minimum Gasteiger partial charge on any atom is -0.340 e. The lowest BCUT2D eigenvalue weighted by molar-refractivity contribution is -0.132. The Morgan fingerprint density at radius 2 is 1.78 bits per heavy atom. The number of hydrogen-bond acceptors (Lipinski definition) is 3. The van der Waals surface area contributed by atoms with E-state index in [4.69, 9.17) is 11.6 Å². The van der Waals surface area contributed by atoms with E-state index in [1.165, 1.54) is 12.1 Å². The number of amides is 2. The lowest BCUT2D eigenvalue weighted by Gasteiger charge is -2.34. The van der Waals surface area contributed by atoms with Crippen molar-refractivity contribution in [3.63, 3.8) is 0 Å². The second-order valence-electron chi connectivity index (χ2n) is 6.49. The average Bonchev–Trinajstić information content (AvgIpc) is 2.64. The predicted octanol–water partition coefficient (Wildman–Crippen LogP) is 2.80. The maximum absolute atomic E-state index is 13.2. The van der Waals surface area contributed by atoms with Gasteiger partial charge in [0.25, 0.3) is 0 Å². The average molecular weight is 390 g/mol. The molecule has 1 aliphatic rings. The molecule has 7 heteroatoms. The molecule has 5 nitrogen and oxygen atoms in total. The number of halogens is 2. The van der Waals surface area contributed by atoms with Gasteiger partial charge in [0.05, 0.1) is 23.7 Å². The number of para-hydroxylation sites is 1. The van der Waals surface area contributed by atoms with Crippen LogP contribution in [-0.4, -0.2) is 54.3 Å². The molecule has 0 aromatic heterocycles. The molecule has 3 rings (SSSR count). The molecule has 2 aromatic carbocycles. The van der Waals surface area contributed by atoms with Gasteiger partial charge in [0.2, 0.25) is 11.8 Å². The standard InChI is InChI=1S/C20H21ClFN3O2/c21-17-6-1-2-7-18(17)23-19(26)14-24-8-10-25(11-9-24)20(27)13-15-4-3-5-16(22)12-15/h1-7,12H,8-11,13-14H2,(H,23,26). The SMILES string of the molecule is O=C(CN1CCN(C(=O)Cc2cccc(F)c2)CC1)Nc1ccccc1Cl. The predicted molar refractivity (Wildman–Crippen MR) is 103 cm³/mol. The Bertz CT molecular complexity index is 822. The fourth-order valence-corrected chi connectivity index (χ4v) is 3.23. The molecule has 1 heterocycles. The molecule has 142 valence electrons. The highest BCUT2D eigenvalue weighted by molar-refractivity contribution is 6.33. The Labute approximate surface area is 162 Å². The van der Waals surface area contributed by atoms with E-state index in [9.17, 15) is 14.0 Å². The summed E-state index contributed by atoms with van der Waals surface area (Å²) >= 11 is 6.05. The second-order valence-corrected chi connectivity index (χ2v) is 6.90. The van der Waals surface area contributed by atoms with Crippen LogP contribution in [0.4, 0.5) is 10.1 Å². The van der Waals surface area contributed by atoms with Crippen molar-refractivity contribution < 1.29 is 14.0 Å². The zero-order valence-corrected chi connectivity index (χ0v) is 15.6. The fraction of sp³-hybridized carbons (Fsp3) is 0.300. The molecule has 0 radical (unpaired) electrons. The van der Waals surface area contributed by atoms with Crippen molar-refractivity contribution in [1.29, 1.82) is 0 Å². The van der Waals surface area contributed by atoms with Gasteiger partial charge < -0.3 is 10.2 Å². The van der Waals surface area contributed by atoms with Gasteiger partial charge in [0.15, 0.2) is 0 Å². The molecule has 27 heavy (non-hydrogen) atoms. The van der Waals surface area contributed by atoms with Crippen molar-refractivity contribution in [1.82, 2.24) is 9.80 Å². The third kappa shape index (κ3) is 5.52. The minimum atomic E-state index is -0.338. The maximum atomic E-state index is 13.2. The van der Waals surface area contributed by atoms with Crippen LogP contribution in [0.3, 0.4) is 0 Å². The number of nitrogens with one attached hydrogen (secondary N) is 1. The van der Waals surface area contributed by atoms with E-state index < -0.39 is 0 Å². The smallest absolute Gasteiger partial charge is 0.238 e. The van der Waals surface area contributed by atoms with Gasteiger partial charge in [-0.2, -0.15) is 0 Å². The molecule has 0 saturated carbocycles. The number of carbonyl (C=O) groups excluding carboxylic acids is 2. The summed E-state index contributed by atoms with van der Waals surface area (Å²) in [6, 6.07) is 13.2. The molecule has 1 saturated heterocycles. The van der Waals surface area contributed by atoms with Gasteiger partial charge in [0.1, 0.15) is 5.82 Å². The van der Waals surface area contributed by atoms with Crippen LogP contribution in [0.15, 0.2) is 48.5 Å². The second kappa shape index (κ2) is 8.97. The molecule has 0 atom stereocenters. The number of rotatable bonds is 5. The van der Waals surface area contributed by atoms with Crippen LogP contribution in [0.5, 0.6) is 0 Å². The third-order valence-corrected chi connectivity index (χ3v) is 4.81. The summed E-state index contributed by atoms with van der Waals surface area (Å²) in [5.41, 5.74) is 1.26. The lowest BCUT2D eigenvalue weighted by atomic mass is 10.1. The Kier molecular flexibility index (Phi) is 6.42. The van der Waals surface area contributed by atoms with E-state index in [1.54, 1.807) is 35.2 Å². The largest absolute Gasteiger partial charge is 0.340 e. The molecule has 0 unspecified atom stereocenters. The topological polar surface area (TPSA) is 52.7 Å². The lowest BCUT2D eigenvalue weighted by Crippen LogP contribution is -2.50. The van der Waals surface area contributed by atoms with Gasteiger partial charge in [-0.25, -0.2) is 4.39 Å². The van der Waals surface area contributed by atoms with Crippen LogP contribution in [0.1, 0.15) is 5.56 Å². The van der Waals surface area contributed by atoms with E-state index in [-0.39, 0.29) is 30.6 Å². The van der Waals surface area contributed by atoms with Crippen LogP contribution in [0.2, 0.25) is 5.02 Å². The summed E-state index contributed by atoms with van der Waals surface area (Å²) in [6.07, 6.45) is 0.185. The van der Waals surface area contributed by atoms with Crippen LogP contribution < -0.4 is 5.32 Å². The van der Waals surface area contributed by atoms with Gasteiger partial charge in [-0.1, -0.05) is 35.9 Å². The summed E-state index contributed by atoms with van der Waals surface area (Å²) in [5.74, 6) is -0.502. The van der Waals surface area contributed by atoms with Crippen molar-refractivity contribution in [2.45, 2.75) is 6.42 Å². The monoisotopic (exact) mass is 389 g/mol. The van der Waals surface area contributed by atoms with Gasteiger partial charge in [-0.05, 0) is 29.8 Å². The normalized spacial score (nSPS) is 14.8. The quantitative estimate of drug-likeness (QED) is 0.855. The van der Waals surface area contributed by atoms with E-state index in [0.29, 0.717) is 42.5 Å². The van der Waals surface area contributed by atoms with Crippen LogP contribution in [0.25, 0.3) is 0 Å². The van der Waals surface area contributed by atoms with Crippen molar-refractivity contribution >= 4 is 29.1 Å². The first-order valence-corrected chi connectivity index (χ1v) is 9.18. The van der Waals surface area contributed by atoms with Crippen LogP contribution in [0, 0.1) is 5.82 Å². The highest BCUT2D eigenvalue weighted by Crippen LogP contribution is 2.20. The highest BCUT2D eigenvalue weighted by Gasteiger charge is 2.22. The van der Waals surface area contributed by atoms with E-state index in [1.807, 2.05) is 11.0 Å². The number of benzene rings is 2. The summed E-state index contributed by atoms with van der Waals surface area (Å²) in [6.45, 7) is 2.58. The molecular weight excluding hydrogens is 369 g/mol. The molecule has 2 amide bonds. The molecule has 1 N–H and O–H groups in total. The van der Waals surface area contributed by atoms with Crippen molar-refractivity contribution in [2.75, 3.05) is 38.0 Å². The van der Waals surface area contributed by atoms with E-state index in [2.05, 4.69) is 5.32 Å². The number of anilines is 1. The number of piperazine rings is 1. The molecular formula is C20H21ClFN3O2. The Hall–Kier alpha value is -2.44. The number of nitrogens with zero attached hydrogens (tertiary/aromatic N) is 2. The Morgan fingerprint density at radius 3 is 2.48 bits per heavy atom. The highest BCUT2D eigenvalue weighted by atomic mass is 35.5. The third-order valence-electron chi connectivity index (χ3n) is 4.48. The van der Waals surface area contributed by atoms with E-state index in [0.717, 1.165) is 0 Å². The molecule has 1 aliphatic heterocycles. The summed E-state index contributed by atoms with van der Waals surface area (Å²) in [4.78, 5) is 28.3. The fourth-order valence-electron chi connectivity index (χ4n) is 3.04. The van der Waals surface area contributed by atoms with Gasteiger partial charge in [0, 0.05) is 26.2 Å². The van der Waals surface area contributed by atoms with Crippen molar-refractivity contribution in [3.05, 3.63) is 64.9 Å². The van der Waals surface area contributed by atoms with Crippen LogP contribution >= 0.6 is 11.6 Å². The molecule has 0 bridgehead atoms. The molecule has 0 aliphatic carbocycles. The summed E-state index contributed by atoms with van der Waals surface area (Å²) in [7, 11) is 0. The van der Waals surface area contributed by atoms with Crippen molar-refractivity contribution in [3.8, 4) is 0 Å². The van der Waals surface area contributed by atoms with Gasteiger partial charge in [-0.3, -0.25) is 14.5 Å². The summed E-state index contributed by atoms with van der Waals surface area (Å²) in [5, 5.41) is 3.30. The van der Waals surface area contributed by atoms with E-state index >= 15 is 0 Å². The molecule has 2 aromatic rings. The van der Waals surface area contributed by atoms with Crippen LogP contribution in [-0.2, 0) is 16.0 Å². The zero-order chi connectivity index (χ0) is 19.2. The number of carbonyl (C=O) groups is 2.